The molecule has 202 valence electrons. The maximum Gasteiger partial charge on any atom is 0.246 e. The van der Waals surface area contributed by atoms with Gasteiger partial charge in [-0.25, -0.2) is 8.42 Å². The van der Waals surface area contributed by atoms with Crippen LogP contribution in [0.1, 0.15) is 24.8 Å². The first kappa shape index (κ1) is 28.8. The highest BCUT2D eigenvalue weighted by Crippen LogP contribution is 2.30. The number of anilines is 1. The number of sulfonamides is 1. The second kappa shape index (κ2) is 13.2. The number of carbonyl (C=O) groups excluding carboxylic acids is 2. The van der Waals surface area contributed by atoms with E-state index < -0.39 is 16.1 Å². The van der Waals surface area contributed by atoms with Gasteiger partial charge in [-0.15, -0.1) is 0 Å². The van der Waals surface area contributed by atoms with Crippen LogP contribution in [0.3, 0.4) is 0 Å². The summed E-state index contributed by atoms with van der Waals surface area (Å²) in [6, 6.07) is 11.1. The van der Waals surface area contributed by atoms with E-state index in [1.54, 1.807) is 54.2 Å². The van der Waals surface area contributed by atoms with E-state index in [9.17, 15) is 18.0 Å². The summed E-state index contributed by atoms with van der Waals surface area (Å²) >= 11 is 1.59. The van der Waals surface area contributed by atoms with Crippen molar-refractivity contribution in [2.45, 2.75) is 37.1 Å². The molecule has 2 aromatic rings. The van der Waals surface area contributed by atoms with Crippen LogP contribution in [0.25, 0.3) is 0 Å². The summed E-state index contributed by atoms with van der Waals surface area (Å²) < 4.78 is 37.9. The highest BCUT2D eigenvalue weighted by atomic mass is 32.2. The molecule has 1 atom stereocenters. The number of hydrogen-bond donors (Lipinski definition) is 2. The topological polar surface area (TPSA) is 114 Å². The Hall–Kier alpha value is -2.76. The summed E-state index contributed by atoms with van der Waals surface area (Å²) in [6.45, 7) is 2.41. The third-order valence-electron chi connectivity index (χ3n) is 6.38. The summed E-state index contributed by atoms with van der Waals surface area (Å²) in [5, 5.41) is 5.74. The number of carbonyl (C=O) groups is 2. The Morgan fingerprint density at radius 2 is 1.70 bits per heavy atom. The predicted molar refractivity (Wildman–Crippen MR) is 146 cm³/mol. The molecule has 1 fully saturated rings. The van der Waals surface area contributed by atoms with Crippen molar-refractivity contribution in [2.75, 3.05) is 44.6 Å². The van der Waals surface area contributed by atoms with Crippen LogP contribution >= 0.6 is 11.8 Å². The average molecular weight is 550 g/mol. The van der Waals surface area contributed by atoms with Crippen molar-refractivity contribution >= 4 is 39.3 Å². The summed E-state index contributed by atoms with van der Waals surface area (Å²) in [7, 11) is -0.556. The van der Waals surface area contributed by atoms with E-state index >= 15 is 0 Å². The molecule has 0 spiro atoms. The fourth-order valence-electron chi connectivity index (χ4n) is 4.16. The molecular weight excluding hydrogens is 514 g/mol. The molecule has 1 aliphatic rings. The number of amides is 2. The van der Waals surface area contributed by atoms with E-state index in [0.717, 1.165) is 5.56 Å². The molecule has 2 aromatic carbocycles. The Balaban J connectivity index is 1.61. The van der Waals surface area contributed by atoms with Gasteiger partial charge < -0.3 is 20.1 Å². The average Bonchev–Trinajstić information content (AvgIpc) is 2.91. The first-order valence-corrected chi connectivity index (χ1v) is 14.9. The quantitative estimate of drug-likeness (QED) is 0.442. The molecule has 2 N–H and O–H groups in total. The smallest absolute Gasteiger partial charge is 0.246 e. The second-order valence-corrected chi connectivity index (χ2v) is 11.8. The van der Waals surface area contributed by atoms with Crippen molar-refractivity contribution in [3.8, 4) is 11.5 Å². The van der Waals surface area contributed by atoms with E-state index in [-0.39, 0.29) is 35.7 Å². The van der Waals surface area contributed by atoms with Gasteiger partial charge in [0.1, 0.15) is 6.04 Å². The van der Waals surface area contributed by atoms with Crippen molar-refractivity contribution < 1.29 is 27.5 Å². The van der Waals surface area contributed by atoms with Gasteiger partial charge in [0.25, 0.3) is 0 Å². The number of methoxy groups -OCH3 is 2. The van der Waals surface area contributed by atoms with E-state index in [4.69, 9.17) is 9.47 Å². The van der Waals surface area contributed by atoms with Crippen molar-refractivity contribution in [3.05, 3.63) is 48.0 Å². The highest BCUT2D eigenvalue weighted by molar-refractivity contribution is 7.98. The van der Waals surface area contributed by atoms with Gasteiger partial charge in [0.15, 0.2) is 11.5 Å². The number of ether oxygens (including phenoxy) is 2. The minimum Gasteiger partial charge on any atom is -0.493 e. The minimum absolute atomic E-state index is 0.235. The van der Waals surface area contributed by atoms with Crippen molar-refractivity contribution in [1.29, 1.82) is 0 Å². The molecule has 1 aliphatic heterocycles. The number of benzene rings is 2. The molecular formula is C26H35N3O6S2. The van der Waals surface area contributed by atoms with Crippen molar-refractivity contribution in [2.24, 2.45) is 5.92 Å². The standard InChI is InChI=1S/C26H35N3O6S2/c1-18-5-8-21(9-6-18)37(32,33)29-14-11-19(12-15-29)25(30)28-22(13-16-36-4)26(31)27-20-7-10-23(34-2)24(17-20)35-3/h5-10,17,19,22H,11-16H2,1-4H3,(H,27,31)(H,28,30). The maximum absolute atomic E-state index is 13.1. The molecule has 11 heteroatoms. The van der Waals surface area contributed by atoms with Gasteiger partial charge in [-0.3, -0.25) is 9.59 Å². The molecule has 0 radical (unpaired) electrons. The van der Waals surface area contributed by atoms with Crippen LogP contribution in [0.5, 0.6) is 11.5 Å². The zero-order valence-corrected chi connectivity index (χ0v) is 23.3. The lowest BCUT2D eigenvalue weighted by atomic mass is 9.96. The van der Waals surface area contributed by atoms with Crippen LogP contribution in [0.2, 0.25) is 0 Å². The zero-order chi connectivity index (χ0) is 27.0. The Morgan fingerprint density at radius 3 is 2.30 bits per heavy atom. The number of piperidine rings is 1. The van der Waals surface area contributed by atoms with Crippen LogP contribution in [0.4, 0.5) is 5.69 Å². The molecule has 1 unspecified atom stereocenters. The summed E-state index contributed by atoms with van der Waals surface area (Å²) in [5.41, 5.74) is 1.51. The van der Waals surface area contributed by atoms with Gasteiger partial charge in [0.05, 0.1) is 19.1 Å². The Morgan fingerprint density at radius 1 is 1.05 bits per heavy atom. The van der Waals surface area contributed by atoms with Crippen LogP contribution in [0.15, 0.2) is 47.4 Å². The van der Waals surface area contributed by atoms with Crippen LogP contribution in [-0.2, 0) is 19.6 Å². The molecule has 37 heavy (non-hydrogen) atoms. The fraction of sp³-hybridized carbons (Fsp3) is 0.462. The van der Waals surface area contributed by atoms with E-state index in [1.165, 1.54) is 18.5 Å². The summed E-state index contributed by atoms with van der Waals surface area (Å²) in [5.74, 6) is 0.795. The molecule has 9 nitrogen and oxygen atoms in total. The first-order valence-electron chi connectivity index (χ1n) is 12.1. The number of thioether (sulfide) groups is 1. The van der Waals surface area contributed by atoms with Crippen LogP contribution < -0.4 is 20.1 Å². The van der Waals surface area contributed by atoms with Crippen molar-refractivity contribution in [1.82, 2.24) is 9.62 Å². The first-order chi connectivity index (χ1) is 17.7. The molecule has 0 saturated carbocycles. The Bertz CT molecular complexity index is 1180. The Labute approximate surface area is 223 Å². The molecule has 0 bridgehead atoms. The molecule has 2 amide bonds. The molecule has 1 saturated heterocycles. The zero-order valence-electron chi connectivity index (χ0n) is 21.7. The highest BCUT2D eigenvalue weighted by Gasteiger charge is 2.33. The van der Waals surface area contributed by atoms with E-state index in [0.29, 0.717) is 42.2 Å². The number of nitrogens with one attached hydrogen (secondary N) is 2. The van der Waals surface area contributed by atoms with E-state index in [1.807, 2.05) is 13.2 Å². The van der Waals surface area contributed by atoms with E-state index in [2.05, 4.69) is 10.6 Å². The lowest BCUT2D eigenvalue weighted by Crippen LogP contribution is -2.49. The number of hydrogen-bond acceptors (Lipinski definition) is 7. The number of nitrogens with zero attached hydrogens (tertiary/aromatic N) is 1. The second-order valence-electron chi connectivity index (χ2n) is 8.89. The molecule has 0 aliphatic carbocycles. The fourth-order valence-corrected chi connectivity index (χ4v) is 6.10. The van der Waals surface area contributed by atoms with Gasteiger partial charge >= 0.3 is 0 Å². The number of aryl methyl sites for hydroxylation is 1. The normalized spacial score (nSPS) is 15.6. The third kappa shape index (κ3) is 7.39. The molecule has 1 heterocycles. The minimum atomic E-state index is -3.61. The van der Waals surface area contributed by atoms with Gasteiger partial charge in [-0.1, -0.05) is 17.7 Å². The summed E-state index contributed by atoms with van der Waals surface area (Å²) in [6.07, 6.45) is 3.19. The lowest BCUT2D eigenvalue weighted by Gasteiger charge is -2.31. The largest absolute Gasteiger partial charge is 0.493 e. The maximum atomic E-state index is 13.1. The SMILES string of the molecule is COc1ccc(NC(=O)C(CCSC)NC(=O)C2CCN(S(=O)(=O)c3ccc(C)cc3)CC2)cc1OC. The summed E-state index contributed by atoms with van der Waals surface area (Å²) in [4.78, 5) is 26.4. The molecule has 3 rings (SSSR count). The van der Waals surface area contributed by atoms with Gasteiger partial charge in [0.2, 0.25) is 21.8 Å². The van der Waals surface area contributed by atoms with Crippen LogP contribution in [-0.4, -0.2) is 69.9 Å². The van der Waals surface area contributed by atoms with Crippen LogP contribution in [0, 0.1) is 12.8 Å². The number of rotatable bonds is 11. The molecule has 0 aromatic heterocycles. The van der Waals surface area contributed by atoms with Gasteiger partial charge in [-0.05, 0) is 62.5 Å². The predicted octanol–water partition coefficient (Wildman–Crippen LogP) is 3.29. The van der Waals surface area contributed by atoms with Gasteiger partial charge in [-0.2, -0.15) is 16.1 Å². The third-order valence-corrected chi connectivity index (χ3v) is 8.94. The van der Waals surface area contributed by atoms with Gasteiger partial charge in [0, 0.05) is 30.8 Å². The monoisotopic (exact) mass is 549 g/mol. The van der Waals surface area contributed by atoms with Crippen molar-refractivity contribution in [3.63, 3.8) is 0 Å². The lowest BCUT2D eigenvalue weighted by molar-refractivity contribution is -0.130. The Kier molecular flexibility index (Phi) is 10.2.